The number of aryl methyl sites for hydroxylation is 1. The summed E-state index contributed by atoms with van der Waals surface area (Å²) in [5.41, 5.74) is 1.94. The molecule has 0 radical (unpaired) electrons. The first kappa shape index (κ1) is 20.6. The highest BCUT2D eigenvalue weighted by molar-refractivity contribution is 5.92. The molecule has 8 heteroatoms. The van der Waals surface area contributed by atoms with Crippen molar-refractivity contribution in [3.63, 3.8) is 0 Å². The number of hydrogen-bond acceptors (Lipinski definition) is 4. The van der Waals surface area contributed by atoms with Gasteiger partial charge in [-0.3, -0.25) is 14.4 Å². The van der Waals surface area contributed by atoms with Crippen LogP contribution in [0.3, 0.4) is 0 Å². The highest BCUT2D eigenvalue weighted by Crippen LogP contribution is 2.07. The van der Waals surface area contributed by atoms with Gasteiger partial charge < -0.3 is 24.9 Å². The minimum atomic E-state index is -0.323. The maximum atomic E-state index is 12.3. The summed E-state index contributed by atoms with van der Waals surface area (Å²) in [6.45, 7) is 5.33. The second kappa shape index (κ2) is 9.88. The Kier molecular flexibility index (Phi) is 7.02. The van der Waals surface area contributed by atoms with Crippen molar-refractivity contribution in [2.24, 2.45) is 0 Å². The molecule has 1 aliphatic heterocycles. The molecular weight excluding hydrogens is 372 g/mol. The molecule has 2 heterocycles. The van der Waals surface area contributed by atoms with Crippen LogP contribution in [0.5, 0.6) is 0 Å². The molecule has 2 aromatic rings. The number of benzene rings is 1. The Morgan fingerprint density at radius 1 is 1.10 bits per heavy atom. The zero-order valence-corrected chi connectivity index (χ0v) is 16.6. The van der Waals surface area contributed by atoms with E-state index in [-0.39, 0.29) is 36.4 Å². The minimum absolute atomic E-state index is 0.00732. The number of furan rings is 1. The monoisotopic (exact) mass is 399 g/mol. The first-order valence-corrected chi connectivity index (χ1v) is 9.81. The van der Waals surface area contributed by atoms with Gasteiger partial charge in [0.2, 0.25) is 5.91 Å². The van der Waals surface area contributed by atoms with Crippen LogP contribution in [0.2, 0.25) is 0 Å². The van der Waals surface area contributed by atoms with Gasteiger partial charge in [0.25, 0.3) is 11.8 Å². The van der Waals surface area contributed by atoms with Crippen LogP contribution in [0.15, 0.2) is 47.1 Å². The van der Waals surface area contributed by atoms with Gasteiger partial charge in [0, 0.05) is 18.7 Å². The molecule has 0 atom stereocenters. The summed E-state index contributed by atoms with van der Waals surface area (Å²) in [6.07, 6.45) is 1.68. The second-order valence-electron chi connectivity index (χ2n) is 7.20. The standard InChI is InChI=1S/C21H26N4O4/c1-16-4-6-17(7-5-16)23-19(26)15-24-10-12-25(13-11-24)20(27)8-9-22-21(28)18-3-2-14-29-18/h2-7,14H,8-13,15H2,1H3,(H,22,28)(H,23,26)/p+1. The van der Waals surface area contributed by atoms with Crippen LogP contribution in [0.4, 0.5) is 5.69 Å². The second-order valence-corrected chi connectivity index (χ2v) is 7.20. The Morgan fingerprint density at radius 3 is 2.48 bits per heavy atom. The Bertz CT molecular complexity index is 825. The van der Waals surface area contributed by atoms with Crippen LogP contribution < -0.4 is 15.5 Å². The zero-order chi connectivity index (χ0) is 20.6. The molecule has 3 N–H and O–H groups in total. The predicted octanol–water partition coefficient (Wildman–Crippen LogP) is 0.0737. The fourth-order valence-corrected chi connectivity index (χ4v) is 3.25. The summed E-state index contributed by atoms with van der Waals surface area (Å²) < 4.78 is 5.01. The fraction of sp³-hybridized carbons (Fsp3) is 0.381. The normalized spacial score (nSPS) is 14.4. The molecule has 1 aliphatic rings. The van der Waals surface area contributed by atoms with E-state index >= 15 is 0 Å². The Balaban J connectivity index is 1.34. The predicted molar refractivity (Wildman–Crippen MR) is 108 cm³/mol. The van der Waals surface area contributed by atoms with E-state index in [1.165, 1.54) is 6.26 Å². The number of hydrogen-bond donors (Lipinski definition) is 3. The molecule has 0 aliphatic carbocycles. The van der Waals surface area contributed by atoms with E-state index in [2.05, 4.69) is 10.6 Å². The van der Waals surface area contributed by atoms with E-state index in [1.54, 1.807) is 17.0 Å². The third kappa shape index (κ3) is 6.18. The largest absolute Gasteiger partial charge is 0.459 e. The summed E-state index contributed by atoms with van der Waals surface area (Å²) >= 11 is 0. The van der Waals surface area contributed by atoms with Crippen LogP contribution in [0.1, 0.15) is 22.5 Å². The molecule has 8 nitrogen and oxygen atoms in total. The fourth-order valence-electron chi connectivity index (χ4n) is 3.25. The summed E-state index contributed by atoms with van der Waals surface area (Å²) in [6, 6.07) is 10.9. The first-order chi connectivity index (χ1) is 14.0. The highest BCUT2D eigenvalue weighted by atomic mass is 16.3. The Labute approximate surface area is 169 Å². The number of anilines is 1. The average Bonchev–Trinajstić information content (AvgIpc) is 3.25. The third-order valence-corrected chi connectivity index (χ3v) is 4.94. The van der Waals surface area contributed by atoms with Crippen molar-refractivity contribution in [2.45, 2.75) is 13.3 Å². The van der Waals surface area contributed by atoms with Crippen molar-refractivity contribution in [3.8, 4) is 0 Å². The molecule has 0 bridgehead atoms. The number of rotatable bonds is 7. The van der Waals surface area contributed by atoms with Gasteiger partial charge in [-0.05, 0) is 31.2 Å². The van der Waals surface area contributed by atoms with E-state index in [0.29, 0.717) is 19.6 Å². The molecule has 0 unspecified atom stereocenters. The van der Waals surface area contributed by atoms with E-state index in [9.17, 15) is 14.4 Å². The van der Waals surface area contributed by atoms with Crippen molar-refractivity contribution in [1.29, 1.82) is 0 Å². The number of carbonyl (C=O) groups excluding carboxylic acids is 3. The number of piperazine rings is 1. The van der Waals surface area contributed by atoms with E-state index < -0.39 is 0 Å². The molecule has 29 heavy (non-hydrogen) atoms. The van der Waals surface area contributed by atoms with Gasteiger partial charge >= 0.3 is 0 Å². The first-order valence-electron chi connectivity index (χ1n) is 9.81. The van der Waals surface area contributed by atoms with Crippen molar-refractivity contribution in [3.05, 3.63) is 54.0 Å². The van der Waals surface area contributed by atoms with E-state index in [0.717, 1.165) is 29.2 Å². The van der Waals surface area contributed by atoms with Gasteiger partial charge in [-0.15, -0.1) is 0 Å². The molecule has 3 amide bonds. The van der Waals surface area contributed by atoms with Crippen LogP contribution >= 0.6 is 0 Å². The van der Waals surface area contributed by atoms with Crippen molar-refractivity contribution in [2.75, 3.05) is 44.6 Å². The maximum absolute atomic E-state index is 12.3. The zero-order valence-electron chi connectivity index (χ0n) is 16.6. The lowest BCUT2D eigenvalue weighted by Gasteiger charge is -2.32. The number of carbonyl (C=O) groups is 3. The smallest absolute Gasteiger partial charge is 0.286 e. The van der Waals surface area contributed by atoms with Crippen LogP contribution in [0, 0.1) is 6.92 Å². The number of quaternary nitrogens is 1. The van der Waals surface area contributed by atoms with Crippen molar-refractivity contribution >= 4 is 23.4 Å². The number of nitrogens with zero attached hydrogens (tertiary/aromatic N) is 1. The molecule has 3 rings (SSSR count). The molecular formula is C21H27N4O4+. The third-order valence-electron chi connectivity index (χ3n) is 4.94. The maximum Gasteiger partial charge on any atom is 0.286 e. The molecule has 154 valence electrons. The van der Waals surface area contributed by atoms with E-state index in [4.69, 9.17) is 4.42 Å². The van der Waals surface area contributed by atoms with Crippen LogP contribution in [0.25, 0.3) is 0 Å². The lowest BCUT2D eigenvalue weighted by Crippen LogP contribution is -3.15. The molecule has 1 saturated heterocycles. The van der Waals surface area contributed by atoms with Crippen LogP contribution in [-0.4, -0.2) is 61.9 Å². The lowest BCUT2D eigenvalue weighted by molar-refractivity contribution is -0.895. The van der Waals surface area contributed by atoms with Gasteiger partial charge in [0.1, 0.15) is 0 Å². The summed E-state index contributed by atoms with van der Waals surface area (Å²) in [4.78, 5) is 39.3. The lowest BCUT2D eigenvalue weighted by atomic mass is 10.2. The molecule has 1 fully saturated rings. The minimum Gasteiger partial charge on any atom is -0.459 e. The quantitative estimate of drug-likeness (QED) is 0.614. The van der Waals surface area contributed by atoms with Crippen molar-refractivity contribution < 1.29 is 23.7 Å². The number of amides is 3. The van der Waals surface area contributed by atoms with Gasteiger partial charge in [-0.1, -0.05) is 17.7 Å². The molecule has 1 aromatic carbocycles. The summed E-state index contributed by atoms with van der Waals surface area (Å²) in [7, 11) is 0. The molecule has 0 saturated carbocycles. The summed E-state index contributed by atoms with van der Waals surface area (Å²) in [5.74, 6) is -0.104. The molecule has 0 spiro atoms. The van der Waals surface area contributed by atoms with Gasteiger partial charge in [-0.25, -0.2) is 0 Å². The van der Waals surface area contributed by atoms with Crippen LogP contribution in [-0.2, 0) is 9.59 Å². The van der Waals surface area contributed by atoms with Gasteiger partial charge in [0.15, 0.2) is 12.3 Å². The highest BCUT2D eigenvalue weighted by Gasteiger charge is 2.25. The number of nitrogens with one attached hydrogen (secondary N) is 3. The Morgan fingerprint density at radius 2 is 1.83 bits per heavy atom. The topological polar surface area (TPSA) is 96.1 Å². The van der Waals surface area contributed by atoms with Gasteiger partial charge in [-0.2, -0.15) is 0 Å². The SMILES string of the molecule is Cc1ccc(NC(=O)C[NH+]2CCN(C(=O)CCNC(=O)c3ccco3)CC2)cc1. The van der Waals surface area contributed by atoms with E-state index in [1.807, 2.05) is 31.2 Å². The summed E-state index contributed by atoms with van der Waals surface area (Å²) in [5, 5.41) is 5.59. The molecule has 1 aromatic heterocycles. The Hall–Kier alpha value is -3.13. The average molecular weight is 399 g/mol. The van der Waals surface area contributed by atoms with Crippen molar-refractivity contribution in [1.82, 2.24) is 10.2 Å². The van der Waals surface area contributed by atoms with Gasteiger partial charge in [0.05, 0.1) is 32.4 Å².